The van der Waals surface area contributed by atoms with E-state index in [0.29, 0.717) is 6.42 Å². The van der Waals surface area contributed by atoms with E-state index in [1.807, 2.05) is 24.3 Å². The summed E-state index contributed by atoms with van der Waals surface area (Å²) in [6.45, 7) is 3.60. The third-order valence-electron chi connectivity index (χ3n) is 2.31. The summed E-state index contributed by atoms with van der Waals surface area (Å²) >= 11 is 0. The van der Waals surface area contributed by atoms with Gasteiger partial charge in [0.05, 0.1) is 6.67 Å². The second-order valence-electron chi connectivity index (χ2n) is 3.62. The molecule has 0 saturated carbocycles. The van der Waals surface area contributed by atoms with Gasteiger partial charge in [0.15, 0.2) is 0 Å². The van der Waals surface area contributed by atoms with Gasteiger partial charge in [-0.25, -0.2) is 0 Å². The molecule has 0 fully saturated rings. The molecule has 0 amide bonds. The standard InChI is InChI=1S/C12H19FN2/c1-2-9-15(10-3-8-13)12-6-4-11(14)5-7-12/h4-7H,2-3,8-10,14H2,1H3. The Kier molecular flexibility index (Phi) is 4.95. The van der Waals surface area contributed by atoms with E-state index in [1.165, 1.54) is 0 Å². The van der Waals surface area contributed by atoms with Crippen LogP contribution in [-0.4, -0.2) is 19.8 Å². The molecule has 2 nitrogen and oxygen atoms in total. The van der Waals surface area contributed by atoms with Crippen molar-refractivity contribution in [3.8, 4) is 0 Å². The first kappa shape index (κ1) is 11.8. The molecule has 0 aliphatic rings. The normalized spacial score (nSPS) is 10.3. The fraction of sp³-hybridized carbons (Fsp3) is 0.500. The fourth-order valence-corrected chi connectivity index (χ4v) is 1.58. The first-order valence-corrected chi connectivity index (χ1v) is 5.44. The number of alkyl halides is 1. The molecule has 1 aromatic carbocycles. The van der Waals surface area contributed by atoms with E-state index in [2.05, 4.69) is 11.8 Å². The fourth-order valence-electron chi connectivity index (χ4n) is 1.58. The summed E-state index contributed by atoms with van der Waals surface area (Å²) in [6.07, 6.45) is 1.65. The van der Waals surface area contributed by atoms with Gasteiger partial charge in [0, 0.05) is 24.5 Å². The topological polar surface area (TPSA) is 29.3 Å². The van der Waals surface area contributed by atoms with Crippen LogP contribution in [0.3, 0.4) is 0 Å². The quantitative estimate of drug-likeness (QED) is 0.731. The van der Waals surface area contributed by atoms with Crippen LogP contribution in [-0.2, 0) is 0 Å². The molecule has 0 aliphatic carbocycles. The van der Waals surface area contributed by atoms with Crippen molar-refractivity contribution < 1.29 is 4.39 Å². The van der Waals surface area contributed by atoms with Crippen LogP contribution >= 0.6 is 0 Å². The number of anilines is 2. The highest BCUT2D eigenvalue weighted by atomic mass is 19.1. The molecule has 0 bridgehead atoms. The summed E-state index contributed by atoms with van der Waals surface area (Å²) in [5.41, 5.74) is 7.51. The Balaban J connectivity index is 2.65. The van der Waals surface area contributed by atoms with E-state index in [0.717, 1.165) is 30.9 Å². The second kappa shape index (κ2) is 6.27. The molecular formula is C12H19FN2. The van der Waals surface area contributed by atoms with Crippen LogP contribution < -0.4 is 10.6 Å². The van der Waals surface area contributed by atoms with Gasteiger partial charge in [-0.2, -0.15) is 0 Å². The van der Waals surface area contributed by atoms with E-state index in [9.17, 15) is 4.39 Å². The molecule has 84 valence electrons. The summed E-state index contributed by atoms with van der Waals surface area (Å²) in [4.78, 5) is 2.19. The van der Waals surface area contributed by atoms with E-state index < -0.39 is 0 Å². The third-order valence-corrected chi connectivity index (χ3v) is 2.31. The zero-order chi connectivity index (χ0) is 11.1. The smallest absolute Gasteiger partial charge is 0.0911 e. The SMILES string of the molecule is CCCN(CCCF)c1ccc(N)cc1. The van der Waals surface area contributed by atoms with Crippen molar-refractivity contribution in [2.75, 3.05) is 30.4 Å². The van der Waals surface area contributed by atoms with Gasteiger partial charge in [-0.3, -0.25) is 4.39 Å². The Bertz CT molecular complexity index is 271. The number of halogens is 1. The molecular weight excluding hydrogens is 191 g/mol. The van der Waals surface area contributed by atoms with Crippen molar-refractivity contribution in [2.45, 2.75) is 19.8 Å². The Labute approximate surface area is 90.9 Å². The van der Waals surface area contributed by atoms with Gasteiger partial charge in [0.25, 0.3) is 0 Å². The molecule has 1 aromatic rings. The summed E-state index contributed by atoms with van der Waals surface area (Å²) in [5, 5.41) is 0. The largest absolute Gasteiger partial charge is 0.399 e. The lowest BCUT2D eigenvalue weighted by molar-refractivity contribution is 0.471. The number of nitrogens with zero attached hydrogens (tertiary/aromatic N) is 1. The molecule has 1 rings (SSSR count). The zero-order valence-electron chi connectivity index (χ0n) is 9.25. The predicted octanol–water partition coefficient (Wildman–Crippen LogP) is 2.84. The van der Waals surface area contributed by atoms with Crippen LogP contribution in [0, 0.1) is 0 Å². The van der Waals surface area contributed by atoms with Gasteiger partial charge >= 0.3 is 0 Å². The molecule has 0 heterocycles. The van der Waals surface area contributed by atoms with Gasteiger partial charge in [-0.1, -0.05) is 6.92 Å². The summed E-state index contributed by atoms with van der Waals surface area (Å²) in [6, 6.07) is 7.74. The molecule has 0 unspecified atom stereocenters. The van der Waals surface area contributed by atoms with Crippen LogP contribution in [0.25, 0.3) is 0 Å². The highest BCUT2D eigenvalue weighted by Crippen LogP contribution is 2.16. The van der Waals surface area contributed by atoms with Gasteiger partial charge in [-0.15, -0.1) is 0 Å². The molecule has 3 heteroatoms. The average Bonchev–Trinajstić information content (AvgIpc) is 2.25. The molecule has 0 aromatic heterocycles. The molecule has 0 spiro atoms. The highest BCUT2D eigenvalue weighted by molar-refractivity contribution is 5.53. The van der Waals surface area contributed by atoms with Crippen LogP contribution in [0.1, 0.15) is 19.8 Å². The van der Waals surface area contributed by atoms with E-state index >= 15 is 0 Å². The minimum atomic E-state index is -0.255. The summed E-state index contributed by atoms with van der Waals surface area (Å²) < 4.78 is 12.1. The number of nitrogens with two attached hydrogens (primary N) is 1. The van der Waals surface area contributed by atoms with Crippen LogP contribution in [0.5, 0.6) is 0 Å². The van der Waals surface area contributed by atoms with Crippen molar-refractivity contribution in [1.82, 2.24) is 0 Å². The van der Waals surface area contributed by atoms with Gasteiger partial charge < -0.3 is 10.6 Å². The van der Waals surface area contributed by atoms with Crippen molar-refractivity contribution in [3.05, 3.63) is 24.3 Å². The monoisotopic (exact) mass is 210 g/mol. The second-order valence-corrected chi connectivity index (χ2v) is 3.62. The Morgan fingerprint density at radius 1 is 1.20 bits per heavy atom. The van der Waals surface area contributed by atoms with Crippen LogP contribution in [0.4, 0.5) is 15.8 Å². The summed E-state index contributed by atoms with van der Waals surface area (Å²) in [7, 11) is 0. The molecule has 0 radical (unpaired) electrons. The molecule has 0 aliphatic heterocycles. The molecule has 2 N–H and O–H groups in total. The lowest BCUT2D eigenvalue weighted by Crippen LogP contribution is -2.25. The number of rotatable bonds is 6. The maximum absolute atomic E-state index is 12.1. The maximum atomic E-state index is 12.1. The Morgan fingerprint density at radius 3 is 2.40 bits per heavy atom. The van der Waals surface area contributed by atoms with Gasteiger partial charge in [0.1, 0.15) is 0 Å². The first-order valence-electron chi connectivity index (χ1n) is 5.44. The van der Waals surface area contributed by atoms with Gasteiger partial charge in [-0.05, 0) is 37.1 Å². The van der Waals surface area contributed by atoms with Gasteiger partial charge in [0.2, 0.25) is 0 Å². The average molecular weight is 210 g/mol. The predicted molar refractivity (Wildman–Crippen MR) is 64.0 cm³/mol. The van der Waals surface area contributed by atoms with Crippen molar-refractivity contribution in [3.63, 3.8) is 0 Å². The van der Waals surface area contributed by atoms with Crippen LogP contribution in [0.15, 0.2) is 24.3 Å². The minimum absolute atomic E-state index is 0.255. The highest BCUT2D eigenvalue weighted by Gasteiger charge is 2.04. The summed E-state index contributed by atoms with van der Waals surface area (Å²) in [5.74, 6) is 0. The number of nitrogen functional groups attached to an aromatic ring is 1. The number of hydrogen-bond donors (Lipinski definition) is 1. The van der Waals surface area contributed by atoms with E-state index in [4.69, 9.17) is 5.73 Å². The first-order chi connectivity index (χ1) is 7.27. The van der Waals surface area contributed by atoms with E-state index in [1.54, 1.807) is 0 Å². The minimum Gasteiger partial charge on any atom is -0.399 e. The number of hydrogen-bond acceptors (Lipinski definition) is 2. The Hall–Kier alpha value is -1.25. The van der Waals surface area contributed by atoms with Crippen molar-refractivity contribution in [2.24, 2.45) is 0 Å². The third kappa shape index (κ3) is 3.78. The lowest BCUT2D eigenvalue weighted by atomic mass is 10.2. The molecule has 0 saturated heterocycles. The number of benzene rings is 1. The zero-order valence-corrected chi connectivity index (χ0v) is 9.25. The van der Waals surface area contributed by atoms with E-state index in [-0.39, 0.29) is 6.67 Å². The molecule has 0 atom stereocenters. The van der Waals surface area contributed by atoms with Crippen molar-refractivity contribution in [1.29, 1.82) is 0 Å². The molecule has 15 heavy (non-hydrogen) atoms. The lowest BCUT2D eigenvalue weighted by Gasteiger charge is -2.23. The van der Waals surface area contributed by atoms with Crippen molar-refractivity contribution >= 4 is 11.4 Å². The maximum Gasteiger partial charge on any atom is 0.0911 e. The Morgan fingerprint density at radius 2 is 1.87 bits per heavy atom. The van der Waals surface area contributed by atoms with Crippen LogP contribution in [0.2, 0.25) is 0 Å².